The fraction of sp³-hybridized carbons (Fsp3) is 0.381. The molecular formula is C21H23N3O4S. The smallest absolute Gasteiger partial charge is 0.227 e. The van der Waals surface area contributed by atoms with Crippen molar-refractivity contribution >= 4 is 17.2 Å². The number of amides is 1. The van der Waals surface area contributed by atoms with Gasteiger partial charge in [0.25, 0.3) is 0 Å². The Morgan fingerprint density at radius 1 is 1.31 bits per heavy atom. The molecule has 0 N–H and O–H groups in total. The Morgan fingerprint density at radius 2 is 2.21 bits per heavy atom. The van der Waals surface area contributed by atoms with Crippen molar-refractivity contribution in [3.8, 4) is 22.2 Å². The highest BCUT2D eigenvalue weighted by Crippen LogP contribution is 2.39. The highest BCUT2D eigenvalue weighted by molar-refractivity contribution is 7.13. The van der Waals surface area contributed by atoms with Crippen LogP contribution in [0.2, 0.25) is 0 Å². The molecule has 3 aromatic rings. The number of carbonyl (C=O) groups is 1. The summed E-state index contributed by atoms with van der Waals surface area (Å²) in [5.74, 6) is 2.62. The summed E-state index contributed by atoms with van der Waals surface area (Å²) in [4.78, 5) is 20.2. The molecule has 1 atom stereocenters. The number of hydrogen-bond donors (Lipinski definition) is 0. The van der Waals surface area contributed by atoms with Gasteiger partial charge in [-0.3, -0.25) is 4.79 Å². The Balaban J connectivity index is 1.43. The maximum atomic E-state index is 12.9. The van der Waals surface area contributed by atoms with Crippen LogP contribution in [0.5, 0.6) is 11.5 Å². The van der Waals surface area contributed by atoms with Crippen LogP contribution >= 0.6 is 11.3 Å². The van der Waals surface area contributed by atoms with Gasteiger partial charge in [0, 0.05) is 31.0 Å². The quantitative estimate of drug-likeness (QED) is 0.580. The molecule has 4 rings (SSSR count). The van der Waals surface area contributed by atoms with Crippen molar-refractivity contribution in [2.75, 3.05) is 20.8 Å². The van der Waals surface area contributed by atoms with E-state index >= 15 is 0 Å². The van der Waals surface area contributed by atoms with Crippen LogP contribution in [-0.4, -0.2) is 41.7 Å². The monoisotopic (exact) mass is 413 g/mol. The van der Waals surface area contributed by atoms with Crippen LogP contribution < -0.4 is 9.47 Å². The zero-order valence-electron chi connectivity index (χ0n) is 16.5. The van der Waals surface area contributed by atoms with Crippen molar-refractivity contribution in [3.63, 3.8) is 0 Å². The van der Waals surface area contributed by atoms with Crippen LogP contribution in [0.4, 0.5) is 0 Å². The maximum Gasteiger partial charge on any atom is 0.227 e. The highest BCUT2D eigenvalue weighted by atomic mass is 32.1. The molecule has 1 saturated heterocycles. The molecule has 0 unspecified atom stereocenters. The Hall–Kier alpha value is -2.87. The molecule has 29 heavy (non-hydrogen) atoms. The van der Waals surface area contributed by atoms with Crippen LogP contribution in [0.25, 0.3) is 10.7 Å². The summed E-state index contributed by atoms with van der Waals surface area (Å²) >= 11 is 1.56. The van der Waals surface area contributed by atoms with E-state index in [1.165, 1.54) is 0 Å². The van der Waals surface area contributed by atoms with Crippen molar-refractivity contribution in [2.45, 2.75) is 31.7 Å². The fourth-order valence-electron chi connectivity index (χ4n) is 3.70. The predicted molar refractivity (Wildman–Crippen MR) is 109 cm³/mol. The normalized spacial score (nSPS) is 16.2. The maximum absolute atomic E-state index is 12.9. The summed E-state index contributed by atoms with van der Waals surface area (Å²) in [7, 11) is 3.27. The fourth-order valence-corrected chi connectivity index (χ4v) is 4.35. The Kier molecular flexibility index (Phi) is 5.80. The molecule has 1 aromatic carbocycles. The predicted octanol–water partition coefficient (Wildman–Crippen LogP) is 4.11. The summed E-state index contributed by atoms with van der Waals surface area (Å²) in [6.07, 6.45) is 2.65. The number of benzene rings is 1. The number of thiophene rings is 1. The molecule has 0 saturated carbocycles. The average molecular weight is 413 g/mol. The second-order valence-electron chi connectivity index (χ2n) is 6.84. The molecule has 1 amide bonds. The second-order valence-corrected chi connectivity index (χ2v) is 7.79. The van der Waals surface area contributed by atoms with E-state index in [4.69, 9.17) is 14.0 Å². The number of rotatable bonds is 7. The largest absolute Gasteiger partial charge is 0.497 e. The van der Waals surface area contributed by atoms with Gasteiger partial charge >= 0.3 is 0 Å². The number of hydrogen-bond acceptors (Lipinski definition) is 7. The Bertz CT molecular complexity index is 970. The number of likely N-dealkylation sites (tertiary alicyclic amines) is 1. The van der Waals surface area contributed by atoms with E-state index in [2.05, 4.69) is 10.1 Å². The average Bonchev–Trinajstić information content (AvgIpc) is 3.52. The first-order valence-electron chi connectivity index (χ1n) is 9.57. The first-order chi connectivity index (χ1) is 14.2. The minimum absolute atomic E-state index is 0.00715. The second kappa shape index (κ2) is 8.65. The van der Waals surface area contributed by atoms with E-state index in [0.29, 0.717) is 24.6 Å². The highest BCUT2D eigenvalue weighted by Gasteiger charge is 2.32. The minimum atomic E-state index is 0.00715. The SMILES string of the molecule is COc1ccc([C@H]2CCCN2C(=O)CCc2nc(-c3cccs3)no2)c(OC)c1. The van der Waals surface area contributed by atoms with E-state index < -0.39 is 0 Å². The zero-order chi connectivity index (χ0) is 20.2. The van der Waals surface area contributed by atoms with Gasteiger partial charge in [0.1, 0.15) is 11.5 Å². The summed E-state index contributed by atoms with van der Waals surface area (Å²) in [5.41, 5.74) is 1.01. The van der Waals surface area contributed by atoms with Gasteiger partial charge < -0.3 is 18.9 Å². The summed E-state index contributed by atoms with van der Waals surface area (Å²) in [6.45, 7) is 0.739. The lowest BCUT2D eigenvalue weighted by atomic mass is 10.0. The summed E-state index contributed by atoms with van der Waals surface area (Å²) < 4.78 is 16.1. The summed E-state index contributed by atoms with van der Waals surface area (Å²) in [5, 5.41) is 5.97. The molecular weight excluding hydrogens is 390 g/mol. The lowest BCUT2D eigenvalue weighted by molar-refractivity contribution is -0.132. The van der Waals surface area contributed by atoms with Gasteiger partial charge in [-0.05, 0) is 36.4 Å². The first kappa shape index (κ1) is 19.4. The molecule has 1 fully saturated rings. The number of ether oxygens (including phenoxy) is 2. The van der Waals surface area contributed by atoms with Crippen LogP contribution in [0.15, 0.2) is 40.2 Å². The molecule has 152 valence electrons. The zero-order valence-corrected chi connectivity index (χ0v) is 17.3. The Morgan fingerprint density at radius 3 is 2.97 bits per heavy atom. The third-order valence-electron chi connectivity index (χ3n) is 5.14. The van der Waals surface area contributed by atoms with Crippen LogP contribution in [0, 0.1) is 0 Å². The van der Waals surface area contributed by atoms with E-state index in [-0.39, 0.29) is 11.9 Å². The van der Waals surface area contributed by atoms with Gasteiger partial charge in [0.15, 0.2) is 0 Å². The molecule has 1 aliphatic rings. The van der Waals surface area contributed by atoms with Crippen molar-refractivity contribution < 1.29 is 18.8 Å². The standard InChI is InChI=1S/C21H23N3O4S/c1-26-14-7-8-15(17(13-14)27-2)16-5-3-11-24(16)20(25)10-9-19-22-21(23-28-19)18-6-4-12-29-18/h4,6-8,12-13,16H,3,5,9-11H2,1-2H3/t16-/m1/s1. The van der Waals surface area contributed by atoms with Crippen molar-refractivity contribution in [1.29, 1.82) is 0 Å². The molecule has 3 heterocycles. The van der Waals surface area contributed by atoms with Gasteiger partial charge in [-0.2, -0.15) is 4.98 Å². The first-order valence-corrected chi connectivity index (χ1v) is 10.5. The minimum Gasteiger partial charge on any atom is -0.497 e. The summed E-state index contributed by atoms with van der Waals surface area (Å²) in [6, 6.07) is 9.65. The number of methoxy groups -OCH3 is 2. The lowest BCUT2D eigenvalue weighted by Crippen LogP contribution is -2.31. The number of aryl methyl sites for hydroxylation is 1. The third kappa shape index (κ3) is 4.12. The van der Waals surface area contributed by atoms with Crippen LogP contribution in [0.3, 0.4) is 0 Å². The van der Waals surface area contributed by atoms with E-state index in [1.807, 2.05) is 40.6 Å². The van der Waals surface area contributed by atoms with Gasteiger partial charge in [-0.1, -0.05) is 11.2 Å². The van der Waals surface area contributed by atoms with Gasteiger partial charge in [-0.25, -0.2) is 0 Å². The van der Waals surface area contributed by atoms with Crippen molar-refractivity contribution in [3.05, 3.63) is 47.2 Å². The van der Waals surface area contributed by atoms with Crippen molar-refractivity contribution in [1.82, 2.24) is 15.0 Å². The molecule has 8 heteroatoms. The van der Waals surface area contributed by atoms with E-state index in [9.17, 15) is 4.79 Å². The van der Waals surface area contributed by atoms with Crippen LogP contribution in [-0.2, 0) is 11.2 Å². The van der Waals surface area contributed by atoms with E-state index in [0.717, 1.165) is 41.3 Å². The van der Waals surface area contributed by atoms with E-state index in [1.54, 1.807) is 25.6 Å². The molecule has 1 aliphatic heterocycles. The number of aromatic nitrogens is 2. The van der Waals surface area contributed by atoms with Crippen LogP contribution in [0.1, 0.15) is 36.8 Å². The Labute approximate surface area is 173 Å². The molecule has 0 aliphatic carbocycles. The van der Waals surface area contributed by atoms with Gasteiger partial charge in [-0.15, -0.1) is 11.3 Å². The topological polar surface area (TPSA) is 77.7 Å². The molecule has 0 bridgehead atoms. The van der Waals surface area contributed by atoms with Gasteiger partial charge in [0.2, 0.25) is 17.6 Å². The molecule has 0 spiro atoms. The van der Waals surface area contributed by atoms with Gasteiger partial charge in [0.05, 0.1) is 25.1 Å². The molecule has 7 nitrogen and oxygen atoms in total. The third-order valence-corrected chi connectivity index (χ3v) is 6.00. The molecule has 0 radical (unpaired) electrons. The lowest BCUT2D eigenvalue weighted by Gasteiger charge is -2.26. The number of nitrogens with zero attached hydrogens (tertiary/aromatic N) is 3. The molecule has 2 aromatic heterocycles. The van der Waals surface area contributed by atoms with Crippen molar-refractivity contribution in [2.24, 2.45) is 0 Å². The number of carbonyl (C=O) groups excluding carboxylic acids is 1.